The van der Waals surface area contributed by atoms with E-state index in [4.69, 9.17) is 0 Å². The summed E-state index contributed by atoms with van der Waals surface area (Å²) in [4.78, 5) is 2.40. The van der Waals surface area contributed by atoms with Gasteiger partial charge in [0.2, 0.25) is 0 Å². The molecule has 10 aromatic carbocycles. The van der Waals surface area contributed by atoms with Crippen LogP contribution in [0.25, 0.3) is 55.3 Å². The highest BCUT2D eigenvalue weighted by atomic mass is 15.1. The predicted molar refractivity (Wildman–Crippen MR) is 264 cm³/mol. The Morgan fingerprint density at radius 3 is 1.52 bits per heavy atom. The normalized spacial score (nSPS) is 13.8. The first kappa shape index (κ1) is 37.1. The van der Waals surface area contributed by atoms with Gasteiger partial charge in [0.05, 0.1) is 5.41 Å². The maximum atomic E-state index is 2.44. The molecule has 0 unspecified atom stereocenters. The summed E-state index contributed by atoms with van der Waals surface area (Å²) in [6.07, 6.45) is 0. The van der Waals surface area contributed by atoms with Crippen molar-refractivity contribution < 1.29 is 0 Å². The van der Waals surface area contributed by atoms with Gasteiger partial charge in [0, 0.05) is 22.5 Å². The van der Waals surface area contributed by atoms with Crippen molar-refractivity contribution >= 4 is 27.8 Å². The number of para-hydroxylation sites is 1. The lowest BCUT2D eigenvalue weighted by molar-refractivity contribution is 0.661. The molecule has 0 fully saturated rings. The molecule has 1 nitrogen and oxygen atoms in total. The van der Waals surface area contributed by atoms with Crippen molar-refractivity contribution in [1.29, 1.82) is 0 Å². The smallest absolute Gasteiger partial charge is 0.0714 e. The molecule has 0 bridgehead atoms. The molecule has 0 saturated heterocycles. The lowest BCUT2D eigenvalue weighted by Crippen LogP contribution is -2.28. The average Bonchev–Trinajstić information content (AvgIpc) is 3.78. The van der Waals surface area contributed by atoms with E-state index in [0.717, 1.165) is 17.1 Å². The molecule has 298 valence electrons. The van der Waals surface area contributed by atoms with Crippen molar-refractivity contribution in [3.05, 3.63) is 270 Å². The summed E-state index contributed by atoms with van der Waals surface area (Å²) in [5.74, 6) is 0. The molecule has 0 N–H and O–H groups in total. The topological polar surface area (TPSA) is 3.24 Å². The van der Waals surface area contributed by atoms with Gasteiger partial charge in [-0.25, -0.2) is 0 Å². The first-order valence-electron chi connectivity index (χ1n) is 22.1. The van der Waals surface area contributed by atoms with Gasteiger partial charge in [-0.15, -0.1) is 0 Å². The second-order valence-corrected chi connectivity index (χ2v) is 17.6. The molecule has 0 amide bonds. The van der Waals surface area contributed by atoms with Gasteiger partial charge in [0.15, 0.2) is 0 Å². The predicted octanol–water partition coefficient (Wildman–Crippen LogP) is 16.3. The number of fused-ring (bicyclic) bond motifs is 8. The van der Waals surface area contributed by atoms with Gasteiger partial charge >= 0.3 is 0 Å². The number of hydrogen-bond acceptors (Lipinski definition) is 1. The Balaban J connectivity index is 0.906. The van der Waals surface area contributed by atoms with Crippen LogP contribution in [0.2, 0.25) is 0 Å². The quantitative estimate of drug-likeness (QED) is 0.155. The third kappa shape index (κ3) is 5.70. The summed E-state index contributed by atoms with van der Waals surface area (Å²) in [7, 11) is 0. The van der Waals surface area contributed by atoms with Gasteiger partial charge in [-0.2, -0.15) is 0 Å². The van der Waals surface area contributed by atoms with E-state index in [0.29, 0.717) is 0 Å². The largest absolute Gasteiger partial charge is 0.310 e. The van der Waals surface area contributed by atoms with E-state index in [1.54, 1.807) is 0 Å². The minimum absolute atomic E-state index is 0.0717. The van der Waals surface area contributed by atoms with Crippen molar-refractivity contribution in [1.82, 2.24) is 0 Å². The maximum Gasteiger partial charge on any atom is 0.0714 e. The van der Waals surface area contributed by atoms with Crippen LogP contribution in [0.5, 0.6) is 0 Å². The summed E-state index contributed by atoms with van der Waals surface area (Å²) in [6.45, 7) is 4.74. The van der Waals surface area contributed by atoms with Crippen molar-refractivity contribution in [2.75, 3.05) is 4.90 Å². The highest BCUT2D eigenvalue weighted by molar-refractivity contribution is 6.03. The summed E-state index contributed by atoms with van der Waals surface area (Å²) < 4.78 is 0. The van der Waals surface area contributed by atoms with Crippen LogP contribution in [0.3, 0.4) is 0 Å². The highest BCUT2D eigenvalue weighted by Crippen LogP contribution is 2.57. The fraction of sp³-hybridized carbons (Fsp3) is 0.0645. The van der Waals surface area contributed by atoms with E-state index in [2.05, 4.69) is 255 Å². The van der Waals surface area contributed by atoms with Gasteiger partial charge in [-0.3, -0.25) is 0 Å². The molecular formula is C62H45N. The van der Waals surface area contributed by atoms with Crippen molar-refractivity contribution in [2.24, 2.45) is 0 Å². The summed E-state index contributed by atoms with van der Waals surface area (Å²) in [6, 6.07) is 87.5. The van der Waals surface area contributed by atoms with Crippen LogP contribution < -0.4 is 4.90 Å². The molecule has 0 atom stereocenters. The number of hydrogen-bond donors (Lipinski definition) is 0. The fourth-order valence-electron chi connectivity index (χ4n) is 10.9. The van der Waals surface area contributed by atoms with Gasteiger partial charge in [0.25, 0.3) is 0 Å². The molecule has 0 spiro atoms. The van der Waals surface area contributed by atoms with Crippen LogP contribution in [0.15, 0.2) is 237 Å². The van der Waals surface area contributed by atoms with Crippen molar-refractivity contribution in [3.63, 3.8) is 0 Å². The number of benzene rings is 10. The van der Waals surface area contributed by atoms with Crippen molar-refractivity contribution in [3.8, 4) is 44.5 Å². The van der Waals surface area contributed by atoms with E-state index in [-0.39, 0.29) is 5.41 Å². The number of rotatable bonds is 7. The van der Waals surface area contributed by atoms with Crippen LogP contribution in [0.1, 0.15) is 47.2 Å². The third-order valence-electron chi connectivity index (χ3n) is 14.0. The van der Waals surface area contributed by atoms with Gasteiger partial charge in [0.1, 0.15) is 0 Å². The van der Waals surface area contributed by atoms with E-state index in [9.17, 15) is 0 Å². The monoisotopic (exact) mass is 803 g/mol. The minimum atomic E-state index is -0.473. The Bertz CT molecular complexity index is 3290. The molecular weight excluding hydrogens is 759 g/mol. The fourth-order valence-corrected chi connectivity index (χ4v) is 10.9. The Morgan fingerprint density at radius 2 is 0.825 bits per heavy atom. The molecule has 63 heavy (non-hydrogen) atoms. The molecule has 0 saturated carbocycles. The van der Waals surface area contributed by atoms with Gasteiger partial charge in [-0.1, -0.05) is 208 Å². The Hall–Kier alpha value is -7.74. The lowest BCUT2D eigenvalue weighted by Gasteiger charge is -2.35. The summed E-state index contributed by atoms with van der Waals surface area (Å²) in [5.41, 5.74) is 20.9. The first-order valence-corrected chi connectivity index (χ1v) is 22.1. The molecule has 10 aromatic rings. The second-order valence-electron chi connectivity index (χ2n) is 17.6. The molecule has 1 heteroatoms. The van der Waals surface area contributed by atoms with Gasteiger partial charge in [-0.05, 0) is 131 Å². The van der Waals surface area contributed by atoms with E-state index >= 15 is 0 Å². The molecule has 0 radical (unpaired) electrons. The highest BCUT2D eigenvalue weighted by Gasteiger charge is 2.46. The van der Waals surface area contributed by atoms with Crippen LogP contribution in [-0.4, -0.2) is 0 Å². The standard InChI is InChI=1S/C62H45N/c1-61(2)57-39-33-45-16-12-13-23-52(45)60(57)55-37-32-46(40-58(55)61)44-28-26-42(27-29-44)43-30-34-50(35-31-43)63(49-21-10-5-11-22-49)51-36-38-54-53-24-14-15-25-56(53)62(59(54)41-51,47-17-6-3-7-18-47)48-19-8-4-9-20-48/h3-41H,1-2H3. The van der Waals surface area contributed by atoms with E-state index in [1.807, 2.05) is 0 Å². The van der Waals surface area contributed by atoms with Crippen LogP contribution in [0, 0.1) is 0 Å². The Morgan fingerprint density at radius 1 is 0.317 bits per heavy atom. The van der Waals surface area contributed by atoms with Gasteiger partial charge < -0.3 is 4.90 Å². The molecule has 0 aliphatic heterocycles. The van der Waals surface area contributed by atoms with Crippen LogP contribution >= 0.6 is 0 Å². The maximum absolute atomic E-state index is 2.44. The zero-order chi connectivity index (χ0) is 42.1. The number of anilines is 3. The zero-order valence-electron chi connectivity index (χ0n) is 35.5. The molecule has 2 aliphatic rings. The molecule has 0 aromatic heterocycles. The lowest BCUT2D eigenvalue weighted by atomic mass is 9.67. The Labute approximate surface area is 370 Å². The van der Waals surface area contributed by atoms with E-state index < -0.39 is 5.41 Å². The summed E-state index contributed by atoms with van der Waals surface area (Å²) >= 11 is 0. The third-order valence-corrected chi connectivity index (χ3v) is 14.0. The minimum Gasteiger partial charge on any atom is -0.310 e. The van der Waals surface area contributed by atoms with Crippen molar-refractivity contribution in [2.45, 2.75) is 24.7 Å². The van der Waals surface area contributed by atoms with Crippen LogP contribution in [-0.2, 0) is 10.8 Å². The Kier molecular flexibility index (Phi) is 8.49. The second kappa shape index (κ2) is 14.4. The van der Waals surface area contributed by atoms with Crippen LogP contribution in [0.4, 0.5) is 17.1 Å². The first-order chi connectivity index (χ1) is 31.0. The molecule has 2 aliphatic carbocycles. The average molecular weight is 804 g/mol. The number of nitrogens with zero attached hydrogens (tertiary/aromatic N) is 1. The van der Waals surface area contributed by atoms with E-state index in [1.165, 1.54) is 88.7 Å². The summed E-state index contributed by atoms with van der Waals surface area (Å²) in [5, 5.41) is 2.63. The molecule has 12 rings (SSSR count). The SMILES string of the molecule is CC1(C)c2cc(-c3ccc(-c4ccc(N(c5ccccc5)c5ccc6c(c5)C(c5ccccc5)(c5ccccc5)c5ccccc5-6)cc4)cc3)ccc2-c2c1ccc1ccccc21. The zero-order valence-corrected chi connectivity index (χ0v) is 35.5. The molecule has 0 heterocycles.